The van der Waals surface area contributed by atoms with Crippen molar-refractivity contribution < 1.29 is 23.9 Å². The van der Waals surface area contributed by atoms with Crippen molar-refractivity contribution in [3.05, 3.63) is 53.7 Å². The molecule has 3 N–H and O–H groups in total. The first-order valence-electron chi connectivity index (χ1n) is 11.1. The van der Waals surface area contributed by atoms with E-state index < -0.39 is 35.7 Å². The first-order chi connectivity index (χ1) is 16.2. The predicted octanol–water partition coefficient (Wildman–Crippen LogP) is 2.45. The number of benzene rings is 1. The second kappa shape index (κ2) is 9.20. The Morgan fingerprint density at radius 2 is 2.03 bits per heavy atom. The number of methoxy groups -OCH3 is 1. The fourth-order valence-electron chi connectivity index (χ4n) is 4.17. The maximum atomic E-state index is 13.5. The molecule has 0 radical (unpaired) electrons. The van der Waals surface area contributed by atoms with E-state index in [1.54, 1.807) is 27.0 Å². The van der Waals surface area contributed by atoms with E-state index in [0.717, 1.165) is 22.2 Å². The zero-order valence-electron chi connectivity index (χ0n) is 19.7. The summed E-state index contributed by atoms with van der Waals surface area (Å²) in [6.45, 7) is 5.50. The second-order valence-corrected chi connectivity index (χ2v) is 9.32. The number of rotatable bonds is 5. The van der Waals surface area contributed by atoms with E-state index >= 15 is 0 Å². The largest absolute Gasteiger partial charge is 0.467 e. The fraction of sp³-hybridized carbons (Fsp3) is 0.417. The summed E-state index contributed by atoms with van der Waals surface area (Å²) in [7, 11) is 1.26. The molecule has 3 heterocycles. The summed E-state index contributed by atoms with van der Waals surface area (Å²) in [5, 5.41) is 3.77. The number of aromatic nitrogens is 3. The minimum absolute atomic E-state index is 0.176. The van der Waals surface area contributed by atoms with Gasteiger partial charge in [0.2, 0.25) is 5.91 Å². The van der Waals surface area contributed by atoms with E-state index in [4.69, 9.17) is 9.47 Å². The van der Waals surface area contributed by atoms with Crippen molar-refractivity contribution >= 4 is 28.9 Å². The van der Waals surface area contributed by atoms with Gasteiger partial charge in [-0.15, -0.1) is 0 Å². The number of hydrogen-bond donors (Lipinski definition) is 3. The molecular formula is C24H29N5O5. The van der Waals surface area contributed by atoms with Gasteiger partial charge in [-0.1, -0.05) is 18.2 Å². The topological polar surface area (TPSA) is 129 Å². The zero-order valence-corrected chi connectivity index (χ0v) is 19.7. The molecule has 10 heteroatoms. The van der Waals surface area contributed by atoms with Gasteiger partial charge in [-0.2, -0.15) is 0 Å². The van der Waals surface area contributed by atoms with Crippen molar-refractivity contribution in [3.63, 3.8) is 0 Å². The summed E-state index contributed by atoms with van der Waals surface area (Å²) in [5.41, 5.74) is 2.71. The van der Waals surface area contributed by atoms with E-state index in [0.29, 0.717) is 5.69 Å². The lowest BCUT2D eigenvalue weighted by Crippen LogP contribution is -2.56. The van der Waals surface area contributed by atoms with Gasteiger partial charge in [-0.25, -0.2) is 14.6 Å². The number of carbonyl (C=O) groups is 3. The quantitative estimate of drug-likeness (QED) is 0.494. The number of aromatic amines is 2. The number of H-pyrrole nitrogens is 2. The van der Waals surface area contributed by atoms with E-state index in [2.05, 4.69) is 20.3 Å². The van der Waals surface area contributed by atoms with Gasteiger partial charge in [0.15, 0.2) is 0 Å². The van der Waals surface area contributed by atoms with Crippen LogP contribution < -0.4 is 5.32 Å². The van der Waals surface area contributed by atoms with Crippen LogP contribution in [-0.4, -0.2) is 62.6 Å². The molecule has 10 nitrogen and oxygen atoms in total. The van der Waals surface area contributed by atoms with Crippen LogP contribution in [0.15, 0.2) is 36.8 Å². The minimum Gasteiger partial charge on any atom is -0.467 e. The number of imidazole rings is 1. The average molecular weight is 468 g/mol. The molecule has 3 aromatic rings. The van der Waals surface area contributed by atoms with Crippen LogP contribution in [0.4, 0.5) is 4.79 Å². The monoisotopic (exact) mass is 467 g/mol. The van der Waals surface area contributed by atoms with Crippen LogP contribution in [0.3, 0.4) is 0 Å². The predicted molar refractivity (Wildman–Crippen MR) is 124 cm³/mol. The molecule has 1 aliphatic rings. The molecular weight excluding hydrogens is 438 g/mol. The highest BCUT2D eigenvalue weighted by Gasteiger charge is 2.39. The van der Waals surface area contributed by atoms with Crippen molar-refractivity contribution in [2.75, 3.05) is 7.11 Å². The number of nitrogens with zero attached hydrogens (tertiary/aromatic N) is 2. The highest BCUT2D eigenvalue weighted by molar-refractivity contribution is 5.92. The van der Waals surface area contributed by atoms with Crippen LogP contribution in [0.5, 0.6) is 0 Å². The van der Waals surface area contributed by atoms with E-state index in [1.165, 1.54) is 18.3 Å². The molecule has 1 aliphatic heterocycles. The summed E-state index contributed by atoms with van der Waals surface area (Å²) in [4.78, 5) is 50.6. The van der Waals surface area contributed by atoms with Crippen LogP contribution in [0.2, 0.25) is 0 Å². The smallest absolute Gasteiger partial charge is 0.411 e. The molecule has 0 saturated carbocycles. The molecule has 0 bridgehead atoms. The van der Waals surface area contributed by atoms with Crippen molar-refractivity contribution in [2.24, 2.45) is 0 Å². The molecule has 0 spiro atoms. The van der Waals surface area contributed by atoms with E-state index in [9.17, 15) is 14.4 Å². The van der Waals surface area contributed by atoms with Gasteiger partial charge in [0, 0.05) is 41.3 Å². The van der Waals surface area contributed by atoms with Crippen LogP contribution in [0.1, 0.15) is 37.7 Å². The van der Waals surface area contributed by atoms with Crippen LogP contribution in [0.25, 0.3) is 10.9 Å². The van der Waals surface area contributed by atoms with Gasteiger partial charge in [-0.05, 0) is 32.4 Å². The SMILES string of the molecule is COC(=O)[C@H](Cc1cnc[nH]1)NC(=O)[C@@H]1Cc2c([nH]c3ccccc23)CN1C(=O)OC(C)(C)C. The molecule has 0 unspecified atom stereocenters. The Balaban J connectivity index is 1.64. The number of fused-ring (bicyclic) bond motifs is 3. The minimum atomic E-state index is -0.942. The third kappa shape index (κ3) is 4.90. The fourth-order valence-corrected chi connectivity index (χ4v) is 4.17. The van der Waals surface area contributed by atoms with Crippen molar-refractivity contribution in [2.45, 2.75) is 57.8 Å². The van der Waals surface area contributed by atoms with Crippen LogP contribution >= 0.6 is 0 Å². The number of nitrogens with one attached hydrogen (secondary N) is 3. The number of para-hydroxylation sites is 1. The first-order valence-corrected chi connectivity index (χ1v) is 11.1. The molecule has 0 saturated heterocycles. The van der Waals surface area contributed by atoms with Crippen LogP contribution in [0, 0.1) is 0 Å². The number of carbonyl (C=O) groups excluding carboxylic acids is 3. The van der Waals surface area contributed by atoms with E-state index in [-0.39, 0.29) is 19.4 Å². The lowest BCUT2D eigenvalue weighted by atomic mass is 9.96. The molecule has 0 fully saturated rings. The Hall–Kier alpha value is -3.82. The molecule has 180 valence electrons. The average Bonchev–Trinajstić information content (AvgIpc) is 3.43. The second-order valence-electron chi connectivity index (χ2n) is 9.32. The Kier molecular flexibility index (Phi) is 6.32. The summed E-state index contributed by atoms with van der Waals surface area (Å²) < 4.78 is 10.5. The van der Waals surface area contributed by atoms with Crippen molar-refractivity contribution in [3.8, 4) is 0 Å². The molecule has 2 atom stereocenters. The maximum Gasteiger partial charge on any atom is 0.411 e. The van der Waals surface area contributed by atoms with Crippen LogP contribution in [-0.2, 0) is 38.4 Å². The number of amides is 2. The van der Waals surface area contributed by atoms with Gasteiger partial charge in [0.05, 0.1) is 20.0 Å². The standard InChI is InChI=1S/C24H29N5O5/c1-24(2,3)34-23(32)29-12-19-16(15-7-5-6-8-17(15)27-19)10-20(29)21(30)28-18(22(31)33-4)9-14-11-25-13-26-14/h5-8,11,13,18,20,27H,9-10,12H2,1-4H3,(H,25,26)(H,28,30)/t18-,20-/m0/s1. The van der Waals surface area contributed by atoms with Gasteiger partial charge in [0.1, 0.15) is 17.7 Å². The Morgan fingerprint density at radius 1 is 1.26 bits per heavy atom. The summed E-state index contributed by atoms with van der Waals surface area (Å²) in [6.07, 6.45) is 2.93. The molecule has 34 heavy (non-hydrogen) atoms. The van der Waals surface area contributed by atoms with Gasteiger partial charge >= 0.3 is 12.1 Å². The highest BCUT2D eigenvalue weighted by atomic mass is 16.6. The number of esters is 1. The molecule has 1 aromatic carbocycles. The lowest BCUT2D eigenvalue weighted by Gasteiger charge is -2.36. The molecule has 2 aromatic heterocycles. The molecule has 4 rings (SSSR count). The van der Waals surface area contributed by atoms with Gasteiger partial charge < -0.3 is 24.8 Å². The van der Waals surface area contributed by atoms with Crippen molar-refractivity contribution in [1.82, 2.24) is 25.2 Å². The third-order valence-corrected chi connectivity index (χ3v) is 5.72. The first kappa shape index (κ1) is 23.3. The summed E-state index contributed by atoms with van der Waals surface area (Å²) >= 11 is 0. The highest BCUT2D eigenvalue weighted by Crippen LogP contribution is 2.31. The Labute approximate surface area is 197 Å². The van der Waals surface area contributed by atoms with Gasteiger partial charge in [-0.3, -0.25) is 9.69 Å². The van der Waals surface area contributed by atoms with Crippen molar-refractivity contribution in [1.29, 1.82) is 0 Å². The van der Waals surface area contributed by atoms with Gasteiger partial charge in [0.25, 0.3) is 0 Å². The lowest BCUT2D eigenvalue weighted by molar-refractivity contribution is -0.145. The Morgan fingerprint density at radius 3 is 2.71 bits per heavy atom. The molecule has 0 aliphatic carbocycles. The number of hydrogen-bond acceptors (Lipinski definition) is 6. The van der Waals surface area contributed by atoms with E-state index in [1.807, 2.05) is 24.3 Å². The number of ether oxygens (including phenoxy) is 2. The third-order valence-electron chi connectivity index (χ3n) is 5.72. The normalized spacial score (nSPS) is 16.6. The maximum absolute atomic E-state index is 13.5. The molecule has 2 amide bonds. The Bertz CT molecular complexity index is 1190. The zero-order chi connectivity index (χ0) is 24.5. The summed E-state index contributed by atoms with van der Waals surface area (Å²) in [5.74, 6) is -1.05. The summed E-state index contributed by atoms with van der Waals surface area (Å²) in [6, 6.07) is 5.99.